The topological polar surface area (TPSA) is 53.1 Å². The summed E-state index contributed by atoms with van der Waals surface area (Å²) in [5.41, 5.74) is -1.51. The minimum Gasteiger partial charge on any atom is -0.384 e. The van der Waals surface area contributed by atoms with Gasteiger partial charge in [-0.05, 0) is 19.1 Å². The Labute approximate surface area is 150 Å². The molecule has 0 aromatic heterocycles. The molecule has 0 aliphatic carbocycles. The van der Waals surface area contributed by atoms with Crippen molar-refractivity contribution in [2.75, 3.05) is 4.90 Å². The highest BCUT2D eigenvalue weighted by Crippen LogP contribution is 2.63. The number of hydrogen-bond donors (Lipinski definition) is 1. The summed E-state index contributed by atoms with van der Waals surface area (Å²) in [7, 11) is 0. The van der Waals surface area contributed by atoms with E-state index in [2.05, 4.69) is 0 Å². The monoisotopic (exact) mass is 393 g/mol. The van der Waals surface area contributed by atoms with Gasteiger partial charge < -0.3 is 5.73 Å². The van der Waals surface area contributed by atoms with Crippen LogP contribution in [0, 0.1) is 28.5 Å². The zero-order valence-electron chi connectivity index (χ0n) is 14.1. The van der Waals surface area contributed by atoms with Crippen LogP contribution in [-0.4, -0.2) is 12.4 Å². The van der Waals surface area contributed by atoms with E-state index in [0.717, 1.165) is 24.3 Å². The first-order chi connectivity index (χ1) is 12.4. The van der Waals surface area contributed by atoms with Crippen LogP contribution in [0.15, 0.2) is 47.4 Å². The van der Waals surface area contributed by atoms with E-state index in [-0.39, 0.29) is 5.69 Å². The van der Waals surface area contributed by atoms with Gasteiger partial charge in [-0.1, -0.05) is 25.1 Å². The number of para-hydroxylation sites is 1. The Morgan fingerprint density at radius 1 is 1.15 bits per heavy atom. The summed E-state index contributed by atoms with van der Waals surface area (Å²) in [4.78, 5) is 0.717. The van der Waals surface area contributed by atoms with Crippen LogP contribution in [0.3, 0.4) is 0 Å². The van der Waals surface area contributed by atoms with Crippen LogP contribution in [0.5, 0.6) is 0 Å². The molecule has 1 aromatic carbocycles. The van der Waals surface area contributed by atoms with Crippen molar-refractivity contribution in [2.45, 2.75) is 26.2 Å². The fourth-order valence-corrected chi connectivity index (χ4v) is 3.45. The molecule has 1 atom stereocenters. The molecule has 1 aliphatic heterocycles. The predicted molar refractivity (Wildman–Crippen MR) is 83.2 cm³/mol. The van der Waals surface area contributed by atoms with Gasteiger partial charge in [0.05, 0.1) is 17.3 Å². The molecule has 0 amide bonds. The van der Waals surface area contributed by atoms with Gasteiger partial charge in [0.25, 0.3) is 0 Å². The standard InChI is InChI=1S/C17H14F7N3/c1-3-12-9(2)15(16(19,20)21,17(22,23)24)10(8-25)14(26)27(12)13-7-5-4-6-11(13)18/h3-7,9H,26H2,1-2H3/b12-3+/t9-/m0/s1. The number of benzene rings is 1. The Morgan fingerprint density at radius 3 is 2.07 bits per heavy atom. The maximum atomic E-state index is 14.2. The van der Waals surface area contributed by atoms with E-state index in [4.69, 9.17) is 5.73 Å². The van der Waals surface area contributed by atoms with Crippen LogP contribution in [0.1, 0.15) is 13.8 Å². The summed E-state index contributed by atoms with van der Waals surface area (Å²) in [5.74, 6) is -4.33. The summed E-state index contributed by atoms with van der Waals surface area (Å²) in [6.07, 6.45) is -10.7. The average molecular weight is 393 g/mol. The third-order valence-corrected chi connectivity index (χ3v) is 4.64. The number of allylic oxidation sites excluding steroid dienone is 3. The van der Waals surface area contributed by atoms with Gasteiger partial charge in [0.2, 0.25) is 5.41 Å². The molecule has 0 unspecified atom stereocenters. The molecule has 0 spiro atoms. The second-order valence-electron chi connectivity index (χ2n) is 5.90. The Hall–Kier alpha value is -2.70. The number of nitriles is 1. The Balaban J connectivity index is 2.99. The van der Waals surface area contributed by atoms with E-state index in [9.17, 15) is 36.0 Å². The highest BCUT2D eigenvalue weighted by molar-refractivity contribution is 5.64. The predicted octanol–water partition coefficient (Wildman–Crippen LogP) is 4.99. The number of hydrogen-bond acceptors (Lipinski definition) is 3. The van der Waals surface area contributed by atoms with Crippen LogP contribution in [0.2, 0.25) is 0 Å². The zero-order chi connectivity index (χ0) is 20.8. The first-order valence-corrected chi connectivity index (χ1v) is 7.60. The van der Waals surface area contributed by atoms with Crippen LogP contribution < -0.4 is 10.6 Å². The maximum Gasteiger partial charge on any atom is 0.408 e. The van der Waals surface area contributed by atoms with Crippen LogP contribution in [0.4, 0.5) is 36.4 Å². The molecule has 146 valence electrons. The lowest BCUT2D eigenvalue weighted by atomic mass is 9.65. The van der Waals surface area contributed by atoms with E-state index in [1.165, 1.54) is 19.1 Å². The van der Waals surface area contributed by atoms with Gasteiger partial charge in [0, 0.05) is 11.6 Å². The second kappa shape index (κ2) is 6.48. The number of nitrogens with two attached hydrogens (primary N) is 1. The summed E-state index contributed by atoms with van der Waals surface area (Å²) in [5, 5.41) is 9.21. The molecule has 2 rings (SSSR count). The van der Waals surface area contributed by atoms with Gasteiger partial charge in [-0.15, -0.1) is 0 Å². The van der Waals surface area contributed by atoms with Crippen LogP contribution in [0.25, 0.3) is 0 Å². The molecular weight excluding hydrogens is 379 g/mol. The van der Waals surface area contributed by atoms with E-state index < -0.39 is 46.6 Å². The van der Waals surface area contributed by atoms with E-state index in [0.29, 0.717) is 11.8 Å². The largest absolute Gasteiger partial charge is 0.408 e. The lowest BCUT2D eigenvalue weighted by Gasteiger charge is -2.49. The number of alkyl halides is 6. The van der Waals surface area contributed by atoms with Crippen LogP contribution >= 0.6 is 0 Å². The normalized spacial score (nSPS) is 22.1. The van der Waals surface area contributed by atoms with Crippen molar-refractivity contribution in [3.05, 3.63) is 53.2 Å². The average Bonchev–Trinajstić information content (AvgIpc) is 2.54. The van der Waals surface area contributed by atoms with Crippen molar-refractivity contribution in [1.82, 2.24) is 0 Å². The SMILES string of the molecule is C/C=C1\[C@H](C)C(C(F)(F)F)(C(F)(F)F)C(C#N)=C(N)N1c1ccccc1F. The van der Waals surface area contributed by atoms with Crippen molar-refractivity contribution < 1.29 is 30.7 Å². The number of rotatable bonds is 1. The summed E-state index contributed by atoms with van der Waals surface area (Å²) in [6.45, 7) is 1.90. The van der Waals surface area contributed by atoms with E-state index >= 15 is 0 Å². The first-order valence-electron chi connectivity index (χ1n) is 7.60. The number of anilines is 1. The molecule has 10 heteroatoms. The minimum absolute atomic E-state index is 0.361. The smallest absolute Gasteiger partial charge is 0.384 e. The van der Waals surface area contributed by atoms with Gasteiger partial charge >= 0.3 is 12.4 Å². The van der Waals surface area contributed by atoms with Crippen molar-refractivity contribution in [3.63, 3.8) is 0 Å². The second-order valence-corrected chi connectivity index (χ2v) is 5.90. The molecular formula is C17H14F7N3. The third-order valence-electron chi connectivity index (χ3n) is 4.64. The number of halogens is 7. The molecule has 1 aliphatic rings. The fourth-order valence-electron chi connectivity index (χ4n) is 3.45. The molecule has 1 aromatic rings. The Kier molecular flexibility index (Phi) is 4.94. The number of nitrogens with zero attached hydrogens (tertiary/aromatic N) is 2. The fraction of sp³-hybridized carbons (Fsp3) is 0.353. The zero-order valence-corrected chi connectivity index (χ0v) is 14.1. The van der Waals surface area contributed by atoms with E-state index in [1.54, 1.807) is 0 Å². The molecule has 3 nitrogen and oxygen atoms in total. The van der Waals surface area contributed by atoms with Crippen molar-refractivity contribution in [3.8, 4) is 6.07 Å². The van der Waals surface area contributed by atoms with Gasteiger partial charge in [0.15, 0.2) is 0 Å². The molecule has 0 saturated carbocycles. The Bertz CT molecular complexity index is 829. The minimum atomic E-state index is -5.87. The molecule has 0 fully saturated rings. The van der Waals surface area contributed by atoms with Crippen molar-refractivity contribution >= 4 is 5.69 Å². The maximum absolute atomic E-state index is 14.2. The molecule has 0 bridgehead atoms. The van der Waals surface area contributed by atoms with Crippen LogP contribution in [-0.2, 0) is 0 Å². The molecule has 1 heterocycles. The van der Waals surface area contributed by atoms with Gasteiger partial charge in [-0.3, -0.25) is 4.90 Å². The molecule has 27 heavy (non-hydrogen) atoms. The lowest BCUT2D eigenvalue weighted by Crippen LogP contribution is -2.61. The van der Waals surface area contributed by atoms with Gasteiger partial charge in [-0.25, -0.2) is 4.39 Å². The molecule has 0 saturated heterocycles. The highest BCUT2D eigenvalue weighted by Gasteiger charge is 2.77. The lowest BCUT2D eigenvalue weighted by molar-refractivity contribution is -0.337. The summed E-state index contributed by atoms with van der Waals surface area (Å²) in [6, 6.07) is 5.72. The molecule has 0 radical (unpaired) electrons. The Morgan fingerprint density at radius 2 is 1.67 bits per heavy atom. The first kappa shape index (κ1) is 20.6. The van der Waals surface area contributed by atoms with Crippen molar-refractivity contribution in [2.24, 2.45) is 17.1 Å². The highest BCUT2D eigenvalue weighted by atomic mass is 19.4. The van der Waals surface area contributed by atoms with E-state index in [1.807, 2.05) is 0 Å². The quantitative estimate of drug-likeness (QED) is 0.684. The van der Waals surface area contributed by atoms with Gasteiger partial charge in [0.1, 0.15) is 11.6 Å². The molecule has 2 N–H and O–H groups in total. The summed E-state index contributed by atoms with van der Waals surface area (Å²) < 4.78 is 96.9. The van der Waals surface area contributed by atoms with Crippen molar-refractivity contribution in [1.29, 1.82) is 5.26 Å². The summed E-state index contributed by atoms with van der Waals surface area (Å²) >= 11 is 0. The van der Waals surface area contributed by atoms with Gasteiger partial charge in [-0.2, -0.15) is 31.6 Å². The third kappa shape index (κ3) is 2.72.